The van der Waals surface area contributed by atoms with Crippen LogP contribution in [0.25, 0.3) is 0 Å². The molecule has 0 aliphatic rings. The van der Waals surface area contributed by atoms with Crippen LogP contribution in [-0.4, -0.2) is 26.1 Å². The van der Waals surface area contributed by atoms with E-state index in [-0.39, 0.29) is 0 Å². The first kappa shape index (κ1) is 9.86. The Morgan fingerprint density at radius 2 is 2.08 bits per heavy atom. The van der Waals surface area contributed by atoms with Gasteiger partial charge in [-0.15, -0.1) is 0 Å². The first-order valence-corrected chi connectivity index (χ1v) is 4.20. The number of nitrogen functional groups attached to an aromatic ring is 1. The van der Waals surface area contributed by atoms with Crippen LogP contribution < -0.4 is 10.5 Å². The van der Waals surface area contributed by atoms with Crippen molar-refractivity contribution in [2.24, 2.45) is 0 Å². The van der Waals surface area contributed by atoms with E-state index in [4.69, 9.17) is 10.5 Å². The van der Waals surface area contributed by atoms with Gasteiger partial charge in [0.05, 0.1) is 7.11 Å². The van der Waals surface area contributed by atoms with Crippen molar-refractivity contribution in [2.75, 3.05) is 26.9 Å². The zero-order chi connectivity index (χ0) is 9.84. The first-order valence-electron chi connectivity index (χ1n) is 4.20. The Morgan fingerprint density at radius 3 is 2.54 bits per heavy atom. The summed E-state index contributed by atoms with van der Waals surface area (Å²) in [7, 11) is 5.67. The van der Waals surface area contributed by atoms with Gasteiger partial charge in [-0.3, -0.25) is 0 Å². The number of nitrogens with zero attached hydrogens (tertiary/aromatic N) is 1. The second-order valence-electron chi connectivity index (χ2n) is 3.30. The van der Waals surface area contributed by atoms with E-state index in [0.29, 0.717) is 0 Å². The molecule has 13 heavy (non-hydrogen) atoms. The Kier molecular flexibility index (Phi) is 3.14. The summed E-state index contributed by atoms with van der Waals surface area (Å²) in [5.41, 5.74) is 7.75. The van der Waals surface area contributed by atoms with Gasteiger partial charge in [0.25, 0.3) is 0 Å². The Morgan fingerprint density at radius 1 is 1.38 bits per heavy atom. The molecule has 0 atom stereocenters. The minimum absolute atomic E-state index is 0.785. The molecule has 0 radical (unpaired) electrons. The van der Waals surface area contributed by atoms with E-state index in [1.165, 1.54) is 0 Å². The lowest BCUT2D eigenvalue weighted by Crippen LogP contribution is -2.12. The molecule has 0 aliphatic heterocycles. The summed E-state index contributed by atoms with van der Waals surface area (Å²) < 4.78 is 5.06. The van der Waals surface area contributed by atoms with Crippen molar-refractivity contribution in [1.82, 2.24) is 4.90 Å². The normalized spacial score (nSPS) is 10.5. The van der Waals surface area contributed by atoms with Gasteiger partial charge in [-0.1, -0.05) is 6.07 Å². The lowest BCUT2D eigenvalue weighted by molar-refractivity contribution is 0.400. The molecule has 0 aromatic heterocycles. The maximum Gasteiger partial charge on any atom is 0.120 e. The SMILES string of the molecule is COc1ccc(CN(C)C)c(N)c1. The minimum atomic E-state index is 0.785. The molecule has 2 N–H and O–H groups in total. The molecule has 3 heteroatoms. The predicted octanol–water partition coefficient (Wildman–Crippen LogP) is 1.34. The maximum absolute atomic E-state index is 5.84. The molecule has 0 fully saturated rings. The van der Waals surface area contributed by atoms with Crippen LogP contribution in [0.1, 0.15) is 5.56 Å². The van der Waals surface area contributed by atoms with Gasteiger partial charge in [-0.2, -0.15) is 0 Å². The molecule has 0 saturated heterocycles. The van der Waals surface area contributed by atoms with E-state index in [2.05, 4.69) is 4.90 Å². The van der Waals surface area contributed by atoms with E-state index >= 15 is 0 Å². The molecule has 0 spiro atoms. The highest BCUT2D eigenvalue weighted by Crippen LogP contribution is 2.20. The van der Waals surface area contributed by atoms with Crippen LogP contribution in [0, 0.1) is 0 Å². The molecule has 0 unspecified atom stereocenters. The van der Waals surface area contributed by atoms with Crippen LogP contribution in [0.15, 0.2) is 18.2 Å². The van der Waals surface area contributed by atoms with Crippen molar-refractivity contribution in [1.29, 1.82) is 0 Å². The quantitative estimate of drug-likeness (QED) is 0.713. The van der Waals surface area contributed by atoms with Gasteiger partial charge in [0.15, 0.2) is 0 Å². The molecule has 0 amide bonds. The fourth-order valence-electron chi connectivity index (χ4n) is 1.18. The van der Waals surface area contributed by atoms with Crippen molar-refractivity contribution in [2.45, 2.75) is 6.54 Å². The van der Waals surface area contributed by atoms with Gasteiger partial charge in [-0.25, -0.2) is 0 Å². The van der Waals surface area contributed by atoms with Gasteiger partial charge >= 0.3 is 0 Å². The van der Waals surface area contributed by atoms with Crippen LogP contribution in [0.3, 0.4) is 0 Å². The lowest BCUT2D eigenvalue weighted by atomic mass is 10.1. The van der Waals surface area contributed by atoms with Crippen molar-refractivity contribution in [3.63, 3.8) is 0 Å². The number of methoxy groups -OCH3 is 1. The van der Waals surface area contributed by atoms with E-state index < -0.39 is 0 Å². The monoisotopic (exact) mass is 180 g/mol. The summed E-state index contributed by atoms with van der Waals surface area (Å²) in [6, 6.07) is 5.77. The smallest absolute Gasteiger partial charge is 0.120 e. The number of hydrogen-bond acceptors (Lipinski definition) is 3. The Bertz CT molecular complexity index is 284. The molecule has 72 valence electrons. The number of benzene rings is 1. The summed E-state index contributed by atoms with van der Waals surface area (Å²) in [6.45, 7) is 0.857. The largest absolute Gasteiger partial charge is 0.497 e. The third kappa shape index (κ3) is 2.63. The summed E-state index contributed by atoms with van der Waals surface area (Å²) >= 11 is 0. The highest BCUT2D eigenvalue weighted by molar-refractivity contribution is 5.51. The van der Waals surface area contributed by atoms with Crippen molar-refractivity contribution >= 4 is 5.69 Å². The Balaban J connectivity index is 2.85. The summed E-state index contributed by atoms with van der Waals surface area (Å²) in [5.74, 6) is 0.806. The van der Waals surface area contributed by atoms with Crippen LogP contribution in [-0.2, 0) is 6.54 Å². The maximum atomic E-state index is 5.84. The molecule has 0 heterocycles. The fraction of sp³-hybridized carbons (Fsp3) is 0.400. The molecule has 0 aliphatic carbocycles. The second-order valence-corrected chi connectivity index (χ2v) is 3.30. The first-order chi connectivity index (χ1) is 6.13. The second kappa shape index (κ2) is 4.14. The molecular weight excluding hydrogens is 164 g/mol. The molecule has 0 bridgehead atoms. The third-order valence-electron chi connectivity index (χ3n) is 1.84. The third-order valence-corrected chi connectivity index (χ3v) is 1.84. The van der Waals surface area contributed by atoms with E-state index in [9.17, 15) is 0 Å². The average Bonchev–Trinajstić information content (AvgIpc) is 2.08. The summed E-state index contributed by atoms with van der Waals surface area (Å²) in [5, 5.41) is 0. The van der Waals surface area contributed by atoms with Gasteiger partial charge in [0.2, 0.25) is 0 Å². The van der Waals surface area contributed by atoms with Crippen LogP contribution in [0.4, 0.5) is 5.69 Å². The minimum Gasteiger partial charge on any atom is -0.497 e. The van der Waals surface area contributed by atoms with Crippen molar-refractivity contribution < 1.29 is 4.74 Å². The molecule has 0 saturated carbocycles. The van der Waals surface area contributed by atoms with Crippen LogP contribution in [0.5, 0.6) is 5.75 Å². The topological polar surface area (TPSA) is 38.5 Å². The number of ether oxygens (including phenoxy) is 1. The van der Waals surface area contributed by atoms with E-state index in [1.54, 1.807) is 7.11 Å². The van der Waals surface area contributed by atoms with Crippen molar-refractivity contribution in [3.8, 4) is 5.75 Å². The predicted molar refractivity (Wildman–Crippen MR) is 54.8 cm³/mol. The standard InChI is InChI=1S/C10H16N2O/c1-12(2)7-8-4-5-9(13-3)6-10(8)11/h4-6H,7,11H2,1-3H3. The molecule has 1 rings (SSSR count). The summed E-state index contributed by atoms with van der Waals surface area (Å²) in [6.07, 6.45) is 0. The number of rotatable bonds is 3. The Hall–Kier alpha value is -1.22. The molecule has 1 aromatic rings. The summed E-state index contributed by atoms with van der Waals surface area (Å²) in [4.78, 5) is 2.08. The van der Waals surface area contributed by atoms with Crippen molar-refractivity contribution in [3.05, 3.63) is 23.8 Å². The molecular formula is C10H16N2O. The highest BCUT2D eigenvalue weighted by atomic mass is 16.5. The van der Waals surface area contributed by atoms with Gasteiger partial charge < -0.3 is 15.4 Å². The van der Waals surface area contributed by atoms with E-state index in [1.807, 2.05) is 32.3 Å². The van der Waals surface area contributed by atoms with Crippen LogP contribution >= 0.6 is 0 Å². The van der Waals surface area contributed by atoms with Gasteiger partial charge in [0, 0.05) is 18.3 Å². The molecule has 1 aromatic carbocycles. The fourth-order valence-corrected chi connectivity index (χ4v) is 1.18. The van der Waals surface area contributed by atoms with Gasteiger partial charge in [-0.05, 0) is 25.7 Å². The average molecular weight is 180 g/mol. The van der Waals surface area contributed by atoms with Gasteiger partial charge in [0.1, 0.15) is 5.75 Å². The van der Waals surface area contributed by atoms with E-state index in [0.717, 1.165) is 23.5 Å². The lowest BCUT2D eigenvalue weighted by Gasteiger charge is -2.12. The zero-order valence-corrected chi connectivity index (χ0v) is 8.37. The number of anilines is 1. The van der Waals surface area contributed by atoms with Crippen LogP contribution in [0.2, 0.25) is 0 Å². The number of nitrogens with two attached hydrogens (primary N) is 1. The Labute approximate surface area is 79.1 Å². The zero-order valence-electron chi connectivity index (χ0n) is 8.37. The molecule has 3 nitrogen and oxygen atoms in total. The number of hydrogen-bond donors (Lipinski definition) is 1. The highest BCUT2D eigenvalue weighted by Gasteiger charge is 2.01.